The lowest BCUT2D eigenvalue weighted by Gasteiger charge is -2.32. The standard InChI is InChI=1S/C21H24ClFO/c1-6-21(3,4)20(24-5)18-12-15(13-22)8-9-16(18)17-11-14(2)7-10-19(17)23/h6-12,20H,1,13H2,2-5H3. The molecule has 0 saturated carbocycles. The van der Waals surface area contributed by atoms with Gasteiger partial charge in [0.05, 0.1) is 6.10 Å². The molecule has 0 fully saturated rings. The Morgan fingerprint density at radius 3 is 2.50 bits per heavy atom. The second-order valence-corrected chi connectivity index (χ2v) is 6.95. The van der Waals surface area contributed by atoms with Gasteiger partial charge in [-0.25, -0.2) is 4.39 Å². The van der Waals surface area contributed by atoms with E-state index in [1.54, 1.807) is 13.2 Å². The molecule has 0 radical (unpaired) electrons. The van der Waals surface area contributed by atoms with Crippen molar-refractivity contribution in [2.45, 2.75) is 32.8 Å². The van der Waals surface area contributed by atoms with Crippen molar-refractivity contribution in [1.82, 2.24) is 0 Å². The number of benzene rings is 2. The van der Waals surface area contributed by atoms with Crippen molar-refractivity contribution >= 4 is 11.6 Å². The summed E-state index contributed by atoms with van der Waals surface area (Å²) < 4.78 is 20.3. The van der Waals surface area contributed by atoms with Crippen molar-refractivity contribution in [1.29, 1.82) is 0 Å². The van der Waals surface area contributed by atoms with Gasteiger partial charge in [0.2, 0.25) is 0 Å². The first-order chi connectivity index (χ1) is 11.3. The van der Waals surface area contributed by atoms with Gasteiger partial charge in [-0.3, -0.25) is 0 Å². The lowest BCUT2D eigenvalue weighted by Crippen LogP contribution is -2.22. The molecule has 0 bridgehead atoms. The number of aryl methyl sites for hydroxylation is 1. The third-order valence-corrected chi connectivity index (χ3v) is 4.71. The molecule has 1 unspecified atom stereocenters. The molecule has 3 heteroatoms. The van der Waals surface area contributed by atoms with Crippen molar-refractivity contribution < 1.29 is 9.13 Å². The van der Waals surface area contributed by atoms with E-state index >= 15 is 0 Å². The second-order valence-electron chi connectivity index (χ2n) is 6.68. The van der Waals surface area contributed by atoms with E-state index in [4.69, 9.17) is 16.3 Å². The van der Waals surface area contributed by atoms with Crippen LogP contribution >= 0.6 is 11.6 Å². The van der Waals surface area contributed by atoms with Crippen LogP contribution in [0, 0.1) is 18.2 Å². The van der Waals surface area contributed by atoms with Crippen LogP contribution in [-0.4, -0.2) is 7.11 Å². The fourth-order valence-corrected chi connectivity index (χ4v) is 3.11. The average molecular weight is 347 g/mol. The van der Waals surface area contributed by atoms with E-state index in [2.05, 4.69) is 20.4 Å². The van der Waals surface area contributed by atoms with E-state index in [1.807, 2.05) is 37.3 Å². The first-order valence-electron chi connectivity index (χ1n) is 7.95. The summed E-state index contributed by atoms with van der Waals surface area (Å²) in [5.41, 5.74) is 4.00. The van der Waals surface area contributed by atoms with Gasteiger partial charge in [0, 0.05) is 24.0 Å². The number of halogens is 2. The normalized spacial score (nSPS) is 12.9. The molecule has 2 aromatic rings. The maximum atomic E-state index is 14.5. The van der Waals surface area contributed by atoms with Crippen LogP contribution in [-0.2, 0) is 10.6 Å². The van der Waals surface area contributed by atoms with Crippen LogP contribution in [0.1, 0.15) is 36.6 Å². The van der Waals surface area contributed by atoms with Crippen LogP contribution in [0.4, 0.5) is 4.39 Å². The third-order valence-electron chi connectivity index (χ3n) is 4.40. The van der Waals surface area contributed by atoms with Crippen molar-refractivity contribution in [3.63, 3.8) is 0 Å². The summed E-state index contributed by atoms with van der Waals surface area (Å²) in [5.74, 6) is 0.154. The van der Waals surface area contributed by atoms with Crippen LogP contribution in [0.2, 0.25) is 0 Å². The summed E-state index contributed by atoms with van der Waals surface area (Å²) in [4.78, 5) is 0. The van der Waals surface area contributed by atoms with E-state index in [9.17, 15) is 4.39 Å². The minimum atomic E-state index is -0.311. The van der Waals surface area contributed by atoms with Crippen LogP contribution in [0.15, 0.2) is 49.1 Å². The SMILES string of the molecule is C=CC(C)(C)C(OC)c1cc(CCl)ccc1-c1cc(C)ccc1F. The Morgan fingerprint density at radius 1 is 1.21 bits per heavy atom. The highest BCUT2D eigenvalue weighted by Gasteiger charge is 2.30. The summed E-state index contributed by atoms with van der Waals surface area (Å²) in [6.07, 6.45) is 1.61. The van der Waals surface area contributed by atoms with Crippen LogP contribution < -0.4 is 0 Å². The molecule has 0 aliphatic heterocycles. The average Bonchev–Trinajstić information content (AvgIpc) is 2.57. The predicted octanol–water partition coefficient (Wildman–Crippen LogP) is 6.44. The predicted molar refractivity (Wildman–Crippen MR) is 99.9 cm³/mol. The molecule has 0 heterocycles. The molecule has 2 aromatic carbocycles. The van der Waals surface area contributed by atoms with Crippen molar-refractivity contribution in [3.05, 3.63) is 71.6 Å². The van der Waals surface area contributed by atoms with Gasteiger partial charge in [0.25, 0.3) is 0 Å². The molecular weight excluding hydrogens is 323 g/mol. The summed E-state index contributed by atoms with van der Waals surface area (Å²) in [6, 6.07) is 11.0. The summed E-state index contributed by atoms with van der Waals surface area (Å²) in [7, 11) is 1.67. The lowest BCUT2D eigenvalue weighted by atomic mass is 9.79. The summed E-state index contributed by atoms with van der Waals surface area (Å²) in [6.45, 7) is 9.99. The molecule has 2 rings (SSSR count). The van der Waals surface area contributed by atoms with Gasteiger partial charge in [0.15, 0.2) is 0 Å². The Bertz CT molecular complexity index is 737. The van der Waals surface area contributed by atoms with Crippen molar-refractivity contribution in [2.75, 3.05) is 7.11 Å². The quantitative estimate of drug-likeness (QED) is 0.432. The zero-order valence-corrected chi connectivity index (χ0v) is 15.5. The minimum absolute atomic E-state index is 0.244. The van der Waals surface area contributed by atoms with Gasteiger partial charge in [-0.05, 0) is 35.7 Å². The molecule has 0 saturated heterocycles. The first kappa shape index (κ1) is 18.7. The van der Waals surface area contributed by atoms with Crippen LogP contribution in [0.5, 0.6) is 0 Å². The Hall–Kier alpha value is -1.64. The van der Waals surface area contributed by atoms with Gasteiger partial charge >= 0.3 is 0 Å². The van der Waals surface area contributed by atoms with Crippen LogP contribution in [0.3, 0.4) is 0 Å². The fraction of sp³-hybridized carbons (Fsp3) is 0.333. The summed E-state index contributed by atoms with van der Waals surface area (Å²) >= 11 is 6.01. The fourth-order valence-electron chi connectivity index (χ4n) is 2.94. The Labute approximate surface area is 149 Å². The van der Waals surface area contributed by atoms with Crippen molar-refractivity contribution in [3.8, 4) is 11.1 Å². The largest absolute Gasteiger partial charge is 0.376 e. The summed E-state index contributed by atoms with van der Waals surface area (Å²) in [5, 5.41) is 0. The third kappa shape index (κ3) is 3.71. The molecule has 0 aliphatic rings. The number of hydrogen-bond donors (Lipinski definition) is 0. The molecular formula is C21H24ClFO. The van der Waals surface area contributed by atoms with Crippen molar-refractivity contribution in [2.24, 2.45) is 5.41 Å². The molecule has 1 atom stereocenters. The zero-order chi connectivity index (χ0) is 17.9. The number of alkyl halides is 1. The van der Waals surface area contributed by atoms with Gasteiger partial charge in [-0.2, -0.15) is 0 Å². The number of hydrogen-bond acceptors (Lipinski definition) is 1. The Kier molecular flexibility index (Phi) is 5.84. The molecule has 0 aliphatic carbocycles. The number of rotatable bonds is 6. The smallest absolute Gasteiger partial charge is 0.131 e. The minimum Gasteiger partial charge on any atom is -0.376 e. The van der Waals surface area contributed by atoms with E-state index < -0.39 is 0 Å². The second kappa shape index (κ2) is 7.50. The molecule has 24 heavy (non-hydrogen) atoms. The van der Waals surface area contributed by atoms with Crippen LogP contribution in [0.25, 0.3) is 11.1 Å². The molecule has 0 aromatic heterocycles. The van der Waals surface area contributed by atoms with Gasteiger partial charge in [-0.1, -0.05) is 49.8 Å². The first-order valence-corrected chi connectivity index (χ1v) is 8.49. The maximum absolute atomic E-state index is 14.5. The molecule has 1 nitrogen and oxygen atoms in total. The highest BCUT2D eigenvalue weighted by Crippen LogP contribution is 2.42. The maximum Gasteiger partial charge on any atom is 0.131 e. The van der Waals surface area contributed by atoms with E-state index in [-0.39, 0.29) is 17.3 Å². The lowest BCUT2D eigenvalue weighted by molar-refractivity contribution is 0.0307. The van der Waals surface area contributed by atoms with E-state index in [1.165, 1.54) is 6.07 Å². The zero-order valence-electron chi connectivity index (χ0n) is 14.7. The van der Waals surface area contributed by atoms with E-state index in [0.29, 0.717) is 11.4 Å². The molecule has 0 N–H and O–H groups in total. The monoisotopic (exact) mass is 346 g/mol. The van der Waals surface area contributed by atoms with Gasteiger partial charge in [-0.15, -0.1) is 18.2 Å². The highest BCUT2D eigenvalue weighted by atomic mass is 35.5. The van der Waals surface area contributed by atoms with E-state index in [0.717, 1.165) is 22.3 Å². The van der Waals surface area contributed by atoms with Gasteiger partial charge < -0.3 is 4.74 Å². The topological polar surface area (TPSA) is 9.23 Å². The molecule has 0 amide bonds. The number of ether oxygens (including phenoxy) is 1. The highest BCUT2D eigenvalue weighted by molar-refractivity contribution is 6.17. The molecule has 128 valence electrons. The Morgan fingerprint density at radius 2 is 1.92 bits per heavy atom. The van der Waals surface area contributed by atoms with Gasteiger partial charge in [0.1, 0.15) is 5.82 Å². The number of methoxy groups -OCH3 is 1. The molecule has 0 spiro atoms. The Balaban J connectivity index is 2.73.